The number of hydrogen-bond acceptors (Lipinski definition) is 8. The van der Waals surface area contributed by atoms with Gasteiger partial charge in [-0.2, -0.15) is 4.99 Å². The first-order valence-electron chi connectivity index (χ1n) is 10.5. The van der Waals surface area contributed by atoms with Gasteiger partial charge in [0.05, 0.1) is 38.3 Å². The number of thiazole rings is 1. The lowest BCUT2D eigenvalue weighted by Crippen LogP contribution is -2.23. The summed E-state index contributed by atoms with van der Waals surface area (Å²) in [5.41, 5.74) is 1.06. The van der Waals surface area contributed by atoms with Gasteiger partial charge in [-0.1, -0.05) is 23.5 Å². The first-order chi connectivity index (χ1) is 16.3. The van der Waals surface area contributed by atoms with E-state index in [0.717, 1.165) is 11.3 Å². The van der Waals surface area contributed by atoms with Crippen LogP contribution in [-0.2, 0) is 47.2 Å². The van der Waals surface area contributed by atoms with Gasteiger partial charge in [0.1, 0.15) is 6.54 Å². The van der Waals surface area contributed by atoms with Crippen LogP contribution in [0.25, 0.3) is 10.2 Å². The van der Waals surface area contributed by atoms with E-state index in [1.165, 1.54) is 34.9 Å². The van der Waals surface area contributed by atoms with Gasteiger partial charge < -0.3 is 9.30 Å². The van der Waals surface area contributed by atoms with E-state index in [0.29, 0.717) is 15.8 Å². The Bertz CT molecular complexity index is 1550. The van der Waals surface area contributed by atoms with Crippen molar-refractivity contribution in [3.8, 4) is 0 Å². The third-order valence-electron chi connectivity index (χ3n) is 5.02. The number of carbonyl (C=O) groups is 2. The maximum absolute atomic E-state index is 12.7. The minimum absolute atomic E-state index is 0.0991. The van der Waals surface area contributed by atoms with Crippen LogP contribution < -0.4 is 9.94 Å². The predicted octanol–water partition coefficient (Wildman–Crippen LogP) is 1.77. The second kappa shape index (κ2) is 10.4. The number of fused-ring (bicyclic) bond motifs is 1. The van der Waals surface area contributed by atoms with Crippen molar-refractivity contribution in [2.24, 2.45) is 10.1 Å². The number of amides is 1. The van der Waals surface area contributed by atoms with Crippen molar-refractivity contribution in [1.29, 1.82) is 0 Å². The minimum atomic E-state index is -3.95. The van der Waals surface area contributed by atoms with E-state index in [1.54, 1.807) is 32.9 Å². The Morgan fingerprint density at radius 3 is 2.26 bits per heavy atom. The highest BCUT2D eigenvalue weighted by atomic mass is 32.2. The molecule has 2 N–H and O–H groups in total. The van der Waals surface area contributed by atoms with Crippen molar-refractivity contribution >= 4 is 53.3 Å². The van der Waals surface area contributed by atoms with Gasteiger partial charge in [0.15, 0.2) is 14.6 Å². The smallest absolute Gasteiger partial charge is 0.326 e. The molecule has 0 radical (unpaired) electrons. The topological polar surface area (TPSA) is 155 Å². The van der Waals surface area contributed by atoms with Gasteiger partial charge in [0.25, 0.3) is 5.91 Å². The van der Waals surface area contributed by atoms with Gasteiger partial charge in [-0.3, -0.25) is 9.59 Å². The average Bonchev–Trinajstić information content (AvgIpc) is 3.09. The molecule has 3 rings (SSSR count). The van der Waals surface area contributed by atoms with Gasteiger partial charge >= 0.3 is 5.97 Å². The SMILES string of the molecule is CCOC(=O)Cn1c(=NC(=O)Cc2ccc(S(=O)(=O)C(C)C)cc2)sc2cc(S(N)(=O)=O)ccc21. The number of nitrogens with two attached hydrogens (primary N) is 1. The summed E-state index contributed by atoms with van der Waals surface area (Å²) < 4.78 is 55.0. The van der Waals surface area contributed by atoms with Crippen LogP contribution in [0, 0.1) is 0 Å². The molecular weight excluding hydrogens is 514 g/mol. The lowest BCUT2D eigenvalue weighted by atomic mass is 10.1. The molecule has 0 spiro atoms. The van der Waals surface area contributed by atoms with E-state index in [9.17, 15) is 26.4 Å². The zero-order valence-corrected chi connectivity index (χ0v) is 21.7. The summed E-state index contributed by atoms with van der Waals surface area (Å²) >= 11 is 1.03. The number of sulfonamides is 1. The zero-order chi connectivity index (χ0) is 26.0. The third kappa shape index (κ3) is 6.23. The lowest BCUT2D eigenvalue weighted by Gasteiger charge is -2.08. The highest BCUT2D eigenvalue weighted by Gasteiger charge is 2.19. The monoisotopic (exact) mass is 539 g/mol. The van der Waals surface area contributed by atoms with E-state index in [2.05, 4.69) is 4.99 Å². The van der Waals surface area contributed by atoms with Gasteiger partial charge in [-0.15, -0.1) is 0 Å². The normalized spacial score (nSPS) is 12.9. The average molecular weight is 540 g/mol. The number of rotatable bonds is 8. The van der Waals surface area contributed by atoms with E-state index < -0.39 is 37.0 Å². The molecular formula is C22H25N3O7S3. The third-order valence-corrected chi connectivity index (χ3v) is 9.15. The number of sulfone groups is 1. The largest absolute Gasteiger partial charge is 0.465 e. The molecule has 0 unspecified atom stereocenters. The van der Waals surface area contributed by atoms with Crippen LogP contribution in [0.1, 0.15) is 26.3 Å². The van der Waals surface area contributed by atoms with Gasteiger partial charge in [0.2, 0.25) is 10.0 Å². The fourth-order valence-electron chi connectivity index (χ4n) is 3.19. The number of ether oxygens (including phenoxy) is 1. The Hall–Kier alpha value is -2.87. The number of benzene rings is 2. The highest BCUT2D eigenvalue weighted by Crippen LogP contribution is 2.22. The van der Waals surface area contributed by atoms with Crippen LogP contribution >= 0.6 is 11.3 Å². The standard InChI is InChI=1S/C22H25N3O7S3/c1-4-32-21(27)13-25-18-10-9-17(35(23,30)31)12-19(18)33-22(25)24-20(26)11-15-5-7-16(8-6-15)34(28,29)14(2)3/h5-10,12,14H,4,11,13H2,1-3H3,(H2,23,30,31). The van der Waals surface area contributed by atoms with Crippen LogP contribution in [0.5, 0.6) is 0 Å². The van der Waals surface area contributed by atoms with Crippen molar-refractivity contribution in [1.82, 2.24) is 4.57 Å². The van der Waals surface area contributed by atoms with Crippen LogP contribution in [0.4, 0.5) is 0 Å². The maximum atomic E-state index is 12.7. The molecule has 3 aromatic rings. The molecule has 10 nitrogen and oxygen atoms in total. The van der Waals surface area contributed by atoms with Crippen LogP contribution in [-0.4, -0.2) is 45.1 Å². The second-order valence-electron chi connectivity index (χ2n) is 7.87. The fraction of sp³-hybridized carbons (Fsp3) is 0.318. The summed E-state index contributed by atoms with van der Waals surface area (Å²) in [6.45, 7) is 4.79. The number of esters is 1. The molecule has 35 heavy (non-hydrogen) atoms. The summed E-state index contributed by atoms with van der Waals surface area (Å²) in [7, 11) is -7.37. The molecule has 0 aliphatic carbocycles. The summed E-state index contributed by atoms with van der Waals surface area (Å²) in [4.78, 5) is 29.2. The van der Waals surface area contributed by atoms with Crippen molar-refractivity contribution in [3.63, 3.8) is 0 Å². The number of primary sulfonamides is 1. The lowest BCUT2D eigenvalue weighted by molar-refractivity contribution is -0.143. The molecule has 0 aliphatic heterocycles. The molecule has 2 aromatic carbocycles. The van der Waals surface area contributed by atoms with Crippen molar-refractivity contribution < 1.29 is 31.2 Å². The predicted molar refractivity (Wildman–Crippen MR) is 131 cm³/mol. The second-order valence-corrected chi connectivity index (χ2v) is 12.9. The van der Waals surface area contributed by atoms with Gasteiger partial charge in [0, 0.05) is 0 Å². The molecule has 0 atom stereocenters. The van der Waals surface area contributed by atoms with E-state index >= 15 is 0 Å². The van der Waals surface area contributed by atoms with E-state index in [1.807, 2.05) is 0 Å². The first-order valence-corrected chi connectivity index (χ1v) is 14.5. The maximum Gasteiger partial charge on any atom is 0.326 e. The Kier molecular flexibility index (Phi) is 7.94. The quantitative estimate of drug-likeness (QED) is 0.428. The van der Waals surface area contributed by atoms with Crippen LogP contribution in [0.2, 0.25) is 0 Å². The summed E-state index contributed by atoms with van der Waals surface area (Å²) in [5, 5.41) is 4.65. The molecule has 13 heteroatoms. The Labute approximate surface area is 207 Å². The number of hydrogen-bond donors (Lipinski definition) is 1. The first kappa shape index (κ1) is 26.7. The number of nitrogens with zero attached hydrogens (tertiary/aromatic N) is 2. The summed E-state index contributed by atoms with van der Waals surface area (Å²) in [5.74, 6) is -1.07. The Morgan fingerprint density at radius 1 is 1.06 bits per heavy atom. The molecule has 0 saturated heterocycles. The molecule has 0 fully saturated rings. The highest BCUT2D eigenvalue weighted by molar-refractivity contribution is 7.92. The number of carbonyl (C=O) groups excluding carboxylic acids is 2. The van der Waals surface area contributed by atoms with E-state index in [4.69, 9.17) is 9.88 Å². The Balaban J connectivity index is 1.98. The zero-order valence-electron chi connectivity index (χ0n) is 19.3. The Morgan fingerprint density at radius 2 is 1.69 bits per heavy atom. The molecule has 0 saturated carbocycles. The molecule has 1 aromatic heterocycles. The molecule has 1 amide bonds. The minimum Gasteiger partial charge on any atom is -0.465 e. The molecule has 1 heterocycles. The van der Waals surface area contributed by atoms with Gasteiger partial charge in [-0.25, -0.2) is 22.0 Å². The number of aromatic nitrogens is 1. The summed E-state index contributed by atoms with van der Waals surface area (Å²) in [6.07, 6.45) is -0.0991. The molecule has 188 valence electrons. The van der Waals surface area contributed by atoms with Crippen molar-refractivity contribution in [3.05, 3.63) is 52.8 Å². The van der Waals surface area contributed by atoms with Gasteiger partial charge in [-0.05, 0) is 56.7 Å². The molecule has 0 aliphatic rings. The van der Waals surface area contributed by atoms with E-state index in [-0.39, 0.29) is 34.2 Å². The van der Waals surface area contributed by atoms with Crippen LogP contribution in [0.15, 0.2) is 57.2 Å². The summed E-state index contributed by atoms with van der Waals surface area (Å²) in [6, 6.07) is 10.2. The van der Waals surface area contributed by atoms with Crippen LogP contribution in [0.3, 0.4) is 0 Å². The van der Waals surface area contributed by atoms with Crippen molar-refractivity contribution in [2.75, 3.05) is 6.61 Å². The van der Waals surface area contributed by atoms with Crippen molar-refractivity contribution in [2.45, 2.75) is 48.8 Å². The fourth-order valence-corrected chi connectivity index (χ4v) is 5.95. The molecule has 0 bridgehead atoms.